The van der Waals surface area contributed by atoms with E-state index in [1.54, 1.807) is 11.3 Å². The van der Waals surface area contributed by atoms with Crippen molar-refractivity contribution in [1.82, 2.24) is 5.32 Å². The van der Waals surface area contributed by atoms with Gasteiger partial charge in [0.1, 0.15) is 17.6 Å². The molecule has 0 saturated heterocycles. The Bertz CT molecular complexity index is 404. The first-order valence-corrected chi connectivity index (χ1v) is 5.82. The van der Waals surface area contributed by atoms with E-state index in [0.29, 0.717) is 0 Å². The molecule has 0 saturated carbocycles. The lowest BCUT2D eigenvalue weighted by molar-refractivity contribution is 0.446. The van der Waals surface area contributed by atoms with Crippen LogP contribution in [-0.2, 0) is 0 Å². The van der Waals surface area contributed by atoms with Crippen LogP contribution in [0.5, 0.6) is 0 Å². The van der Waals surface area contributed by atoms with Crippen molar-refractivity contribution >= 4 is 11.3 Å². The van der Waals surface area contributed by atoms with E-state index in [4.69, 9.17) is 4.42 Å². The molecular weight excluding hydrogens is 206 g/mol. The maximum Gasteiger partial charge on any atom is 0.126 e. The van der Waals surface area contributed by atoms with Gasteiger partial charge in [-0.3, -0.25) is 0 Å². The molecule has 2 heterocycles. The van der Waals surface area contributed by atoms with Crippen LogP contribution in [-0.4, -0.2) is 7.05 Å². The normalized spacial score (nSPS) is 13.0. The Labute approximate surface area is 93.9 Å². The van der Waals surface area contributed by atoms with Crippen LogP contribution >= 0.6 is 11.3 Å². The van der Waals surface area contributed by atoms with Crippen molar-refractivity contribution in [2.45, 2.75) is 19.9 Å². The molecule has 15 heavy (non-hydrogen) atoms. The number of aryl methyl sites for hydroxylation is 2. The highest BCUT2D eigenvalue weighted by Gasteiger charge is 2.16. The van der Waals surface area contributed by atoms with Crippen LogP contribution in [0.3, 0.4) is 0 Å². The van der Waals surface area contributed by atoms with E-state index in [2.05, 4.69) is 24.4 Å². The average molecular weight is 221 g/mol. The van der Waals surface area contributed by atoms with E-state index >= 15 is 0 Å². The molecule has 2 aromatic heterocycles. The zero-order chi connectivity index (χ0) is 10.8. The van der Waals surface area contributed by atoms with Gasteiger partial charge < -0.3 is 9.73 Å². The molecule has 0 aliphatic heterocycles. The van der Waals surface area contributed by atoms with Gasteiger partial charge in [0.15, 0.2) is 0 Å². The van der Waals surface area contributed by atoms with Gasteiger partial charge >= 0.3 is 0 Å². The first-order valence-electron chi connectivity index (χ1n) is 5.00. The third-order valence-electron chi connectivity index (χ3n) is 2.38. The highest BCUT2D eigenvalue weighted by Crippen LogP contribution is 2.28. The smallest absolute Gasteiger partial charge is 0.126 e. The van der Waals surface area contributed by atoms with E-state index in [9.17, 15) is 0 Å². The highest BCUT2D eigenvalue weighted by atomic mass is 32.1. The van der Waals surface area contributed by atoms with E-state index in [1.807, 2.05) is 26.1 Å². The molecular formula is C12H15NOS. The summed E-state index contributed by atoms with van der Waals surface area (Å²) in [6, 6.07) is 8.50. The van der Waals surface area contributed by atoms with Gasteiger partial charge in [-0.15, -0.1) is 11.3 Å². The SMILES string of the molecule is CNC(c1ccc(C)o1)c1ccc(C)s1. The fraction of sp³-hybridized carbons (Fsp3) is 0.333. The number of thiophene rings is 1. The van der Waals surface area contributed by atoms with Crippen molar-refractivity contribution in [2.24, 2.45) is 0 Å². The van der Waals surface area contributed by atoms with Crippen molar-refractivity contribution in [3.63, 3.8) is 0 Å². The zero-order valence-electron chi connectivity index (χ0n) is 9.20. The van der Waals surface area contributed by atoms with Crippen LogP contribution in [0, 0.1) is 13.8 Å². The fourth-order valence-electron chi connectivity index (χ4n) is 1.64. The maximum absolute atomic E-state index is 5.64. The summed E-state index contributed by atoms with van der Waals surface area (Å²) in [6.07, 6.45) is 0. The fourth-order valence-corrected chi connectivity index (χ4v) is 2.64. The van der Waals surface area contributed by atoms with Crippen molar-refractivity contribution in [3.8, 4) is 0 Å². The monoisotopic (exact) mass is 221 g/mol. The summed E-state index contributed by atoms with van der Waals surface area (Å²) >= 11 is 1.80. The summed E-state index contributed by atoms with van der Waals surface area (Å²) in [6.45, 7) is 4.09. The Kier molecular flexibility index (Phi) is 2.93. The molecule has 1 N–H and O–H groups in total. The Balaban J connectivity index is 2.32. The molecule has 0 bridgehead atoms. The van der Waals surface area contributed by atoms with Gasteiger partial charge in [-0.1, -0.05) is 0 Å². The highest BCUT2D eigenvalue weighted by molar-refractivity contribution is 7.12. The molecule has 0 fully saturated rings. The number of rotatable bonds is 3. The molecule has 2 nitrogen and oxygen atoms in total. The molecule has 80 valence electrons. The van der Waals surface area contributed by atoms with Crippen LogP contribution < -0.4 is 5.32 Å². The Morgan fingerprint density at radius 2 is 2.00 bits per heavy atom. The lowest BCUT2D eigenvalue weighted by Gasteiger charge is -2.11. The Morgan fingerprint density at radius 3 is 2.47 bits per heavy atom. The van der Waals surface area contributed by atoms with Gasteiger partial charge in [0.05, 0.1) is 0 Å². The van der Waals surface area contributed by atoms with Crippen molar-refractivity contribution in [3.05, 3.63) is 45.5 Å². The molecule has 2 rings (SSSR count). The van der Waals surface area contributed by atoms with Crippen LogP contribution in [0.4, 0.5) is 0 Å². The van der Waals surface area contributed by atoms with Gasteiger partial charge in [-0.05, 0) is 45.2 Å². The predicted molar refractivity (Wildman–Crippen MR) is 63.4 cm³/mol. The van der Waals surface area contributed by atoms with Crippen LogP contribution in [0.15, 0.2) is 28.7 Å². The van der Waals surface area contributed by atoms with Crippen molar-refractivity contribution in [1.29, 1.82) is 0 Å². The topological polar surface area (TPSA) is 25.2 Å². The maximum atomic E-state index is 5.64. The van der Waals surface area contributed by atoms with Gasteiger partial charge in [-0.25, -0.2) is 0 Å². The van der Waals surface area contributed by atoms with Gasteiger partial charge in [0, 0.05) is 9.75 Å². The summed E-state index contributed by atoms with van der Waals surface area (Å²) in [5, 5.41) is 3.28. The minimum Gasteiger partial charge on any atom is -0.464 e. The second kappa shape index (κ2) is 4.21. The van der Waals surface area contributed by atoms with Gasteiger partial charge in [0.2, 0.25) is 0 Å². The molecule has 2 aromatic rings. The molecule has 0 radical (unpaired) electrons. The summed E-state index contributed by atoms with van der Waals surface area (Å²) in [5.74, 6) is 1.94. The van der Waals surface area contributed by atoms with E-state index < -0.39 is 0 Å². The number of furan rings is 1. The lowest BCUT2D eigenvalue weighted by Crippen LogP contribution is -2.15. The Morgan fingerprint density at radius 1 is 1.20 bits per heavy atom. The molecule has 0 aliphatic rings. The zero-order valence-corrected chi connectivity index (χ0v) is 10.0. The lowest BCUT2D eigenvalue weighted by atomic mass is 10.2. The van der Waals surface area contributed by atoms with Gasteiger partial charge in [0.25, 0.3) is 0 Å². The molecule has 1 atom stereocenters. The molecule has 0 spiro atoms. The number of hydrogen-bond donors (Lipinski definition) is 1. The van der Waals surface area contributed by atoms with Crippen LogP contribution in [0.25, 0.3) is 0 Å². The Hall–Kier alpha value is -1.06. The second-order valence-electron chi connectivity index (χ2n) is 3.62. The molecule has 1 unspecified atom stereocenters. The third kappa shape index (κ3) is 2.13. The van der Waals surface area contributed by atoms with E-state index in [-0.39, 0.29) is 6.04 Å². The third-order valence-corrected chi connectivity index (χ3v) is 3.45. The molecule has 3 heteroatoms. The second-order valence-corrected chi connectivity index (χ2v) is 4.94. The first kappa shape index (κ1) is 10.5. The van der Waals surface area contributed by atoms with Gasteiger partial charge in [-0.2, -0.15) is 0 Å². The summed E-state index contributed by atoms with van der Waals surface area (Å²) < 4.78 is 5.64. The molecule has 0 amide bonds. The van der Waals surface area contributed by atoms with E-state index in [1.165, 1.54) is 9.75 Å². The largest absolute Gasteiger partial charge is 0.464 e. The van der Waals surface area contributed by atoms with Crippen molar-refractivity contribution in [2.75, 3.05) is 7.05 Å². The minimum atomic E-state index is 0.178. The minimum absolute atomic E-state index is 0.178. The first-order chi connectivity index (χ1) is 7.20. The molecule has 0 aliphatic carbocycles. The predicted octanol–water partition coefficient (Wildman–Crippen LogP) is 3.27. The summed E-state index contributed by atoms with van der Waals surface area (Å²) in [4.78, 5) is 2.62. The standard InChI is InChI=1S/C12H15NOS/c1-8-4-6-10(14-8)12(13-3)11-7-5-9(2)15-11/h4-7,12-13H,1-3H3. The molecule has 0 aromatic carbocycles. The number of hydrogen-bond acceptors (Lipinski definition) is 3. The summed E-state index contributed by atoms with van der Waals surface area (Å²) in [7, 11) is 1.96. The van der Waals surface area contributed by atoms with Crippen molar-refractivity contribution < 1.29 is 4.42 Å². The van der Waals surface area contributed by atoms with Crippen LogP contribution in [0.1, 0.15) is 27.3 Å². The quantitative estimate of drug-likeness (QED) is 0.860. The number of nitrogens with one attached hydrogen (secondary N) is 1. The average Bonchev–Trinajstić information content (AvgIpc) is 2.78. The summed E-state index contributed by atoms with van der Waals surface area (Å²) in [5.41, 5.74) is 0. The van der Waals surface area contributed by atoms with Crippen LogP contribution in [0.2, 0.25) is 0 Å². The van der Waals surface area contributed by atoms with E-state index in [0.717, 1.165) is 11.5 Å².